The molecule has 4 heteroatoms. The van der Waals surface area contributed by atoms with Crippen molar-refractivity contribution in [3.8, 4) is 11.3 Å². The van der Waals surface area contributed by atoms with Gasteiger partial charge in [0.1, 0.15) is 5.69 Å². The average Bonchev–Trinajstić information content (AvgIpc) is 2.75. The van der Waals surface area contributed by atoms with Crippen LogP contribution in [-0.4, -0.2) is 11.0 Å². The van der Waals surface area contributed by atoms with Crippen LogP contribution >= 0.6 is 22.6 Å². The molecule has 0 radical (unpaired) electrons. The first-order chi connectivity index (χ1) is 8.16. The lowest BCUT2D eigenvalue weighted by Crippen LogP contribution is -2.22. The smallest absolute Gasteiger partial charge is 0.181 e. The zero-order valence-corrected chi connectivity index (χ0v) is 12.1. The number of rotatable bonds is 4. The number of benzene rings is 1. The third kappa shape index (κ3) is 3.29. The summed E-state index contributed by atoms with van der Waals surface area (Å²) in [6.45, 7) is 4.96. The molecule has 2 rings (SSSR count). The van der Waals surface area contributed by atoms with Gasteiger partial charge < -0.3 is 9.73 Å². The van der Waals surface area contributed by atoms with Crippen LogP contribution < -0.4 is 5.32 Å². The second-order valence-electron chi connectivity index (χ2n) is 4.17. The van der Waals surface area contributed by atoms with Crippen molar-refractivity contribution in [2.75, 3.05) is 0 Å². The summed E-state index contributed by atoms with van der Waals surface area (Å²) in [6, 6.07) is 8.69. The largest absolute Gasteiger partial charge is 0.443 e. The zero-order chi connectivity index (χ0) is 12.3. The van der Waals surface area contributed by atoms with Gasteiger partial charge in [0, 0.05) is 21.7 Å². The Bertz CT molecular complexity index is 476. The van der Waals surface area contributed by atoms with Crippen LogP contribution in [0, 0.1) is 3.57 Å². The van der Waals surface area contributed by atoms with Crippen molar-refractivity contribution in [2.24, 2.45) is 0 Å². The molecular formula is C13H15IN2O. The van der Waals surface area contributed by atoms with Crippen LogP contribution in [0.1, 0.15) is 19.5 Å². The van der Waals surface area contributed by atoms with Crippen molar-refractivity contribution in [1.29, 1.82) is 0 Å². The van der Waals surface area contributed by atoms with Crippen molar-refractivity contribution < 1.29 is 4.42 Å². The number of oxazole rings is 1. The van der Waals surface area contributed by atoms with Gasteiger partial charge in [-0.05, 0) is 34.7 Å². The third-order valence-electron chi connectivity index (χ3n) is 2.43. The molecule has 0 saturated heterocycles. The third-order valence-corrected chi connectivity index (χ3v) is 3.14. The van der Waals surface area contributed by atoms with Crippen molar-refractivity contribution in [3.63, 3.8) is 0 Å². The first-order valence-corrected chi connectivity index (χ1v) is 6.66. The molecule has 1 aromatic heterocycles. The highest BCUT2D eigenvalue weighted by Crippen LogP contribution is 2.23. The number of hydrogen-bond donors (Lipinski definition) is 1. The second-order valence-corrected chi connectivity index (χ2v) is 5.42. The van der Waals surface area contributed by atoms with E-state index in [0.29, 0.717) is 6.04 Å². The van der Waals surface area contributed by atoms with Gasteiger partial charge in [-0.2, -0.15) is 0 Å². The lowest BCUT2D eigenvalue weighted by atomic mass is 10.1. The maximum atomic E-state index is 5.47. The van der Waals surface area contributed by atoms with E-state index in [2.05, 4.69) is 71.0 Å². The average molecular weight is 342 g/mol. The number of nitrogens with zero attached hydrogens (tertiary/aromatic N) is 1. The monoisotopic (exact) mass is 342 g/mol. The van der Waals surface area contributed by atoms with Gasteiger partial charge in [0.25, 0.3) is 0 Å². The molecule has 0 aliphatic carbocycles. The highest BCUT2D eigenvalue weighted by molar-refractivity contribution is 14.1. The summed E-state index contributed by atoms with van der Waals surface area (Å²) < 4.78 is 6.68. The van der Waals surface area contributed by atoms with Gasteiger partial charge in [0.2, 0.25) is 0 Å². The van der Waals surface area contributed by atoms with E-state index in [4.69, 9.17) is 4.42 Å². The fourth-order valence-electron chi connectivity index (χ4n) is 1.53. The van der Waals surface area contributed by atoms with E-state index in [-0.39, 0.29) is 0 Å². The lowest BCUT2D eigenvalue weighted by molar-refractivity contribution is 0.563. The summed E-state index contributed by atoms with van der Waals surface area (Å²) in [6.07, 6.45) is 1.50. The molecule has 1 heterocycles. The molecule has 0 unspecified atom stereocenters. The fraction of sp³-hybridized carbons (Fsp3) is 0.308. The van der Waals surface area contributed by atoms with Crippen LogP contribution in [-0.2, 0) is 6.54 Å². The second kappa shape index (κ2) is 5.64. The molecule has 0 fully saturated rings. The minimum Gasteiger partial charge on any atom is -0.443 e. The molecule has 0 saturated carbocycles. The Morgan fingerprint density at radius 3 is 2.65 bits per heavy atom. The summed E-state index contributed by atoms with van der Waals surface area (Å²) in [7, 11) is 0. The number of hydrogen-bond acceptors (Lipinski definition) is 3. The predicted molar refractivity (Wildman–Crippen MR) is 76.6 cm³/mol. The minimum absolute atomic E-state index is 0.441. The molecule has 0 amide bonds. The highest BCUT2D eigenvalue weighted by Gasteiger charge is 2.10. The Kier molecular flexibility index (Phi) is 4.17. The maximum absolute atomic E-state index is 5.47. The molecule has 0 spiro atoms. The molecule has 1 aromatic carbocycles. The zero-order valence-electron chi connectivity index (χ0n) is 9.90. The van der Waals surface area contributed by atoms with Gasteiger partial charge in [-0.15, -0.1) is 0 Å². The summed E-state index contributed by atoms with van der Waals surface area (Å²) in [5, 5.41) is 3.35. The van der Waals surface area contributed by atoms with E-state index in [9.17, 15) is 0 Å². The summed E-state index contributed by atoms with van der Waals surface area (Å²) in [5.74, 6) is 0.856. The van der Waals surface area contributed by atoms with Gasteiger partial charge >= 0.3 is 0 Å². The molecule has 3 nitrogen and oxygen atoms in total. The van der Waals surface area contributed by atoms with Crippen LogP contribution in [0.15, 0.2) is 35.1 Å². The Labute approximate surface area is 115 Å². The fourth-order valence-corrected chi connectivity index (χ4v) is 1.89. The van der Waals surface area contributed by atoms with E-state index < -0.39 is 0 Å². The summed E-state index contributed by atoms with van der Waals surface area (Å²) in [5.41, 5.74) is 2.03. The van der Waals surface area contributed by atoms with E-state index in [1.54, 1.807) is 0 Å². The van der Waals surface area contributed by atoms with Gasteiger partial charge in [0.15, 0.2) is 12.2 Å². The summed E-state index contributed by atoms with van der Waals surface area (Å²) >= 11 is 2.29. The molecule has 2 aromatic rings. The van der Waals surface area contributed by atoms with Gasteiger partial charge in [0.05, 0.1) is 0 Å². The van der Waals surface area contributed by atoms with Crippen molar-refractivity contribution >= 4 is 22.6 Å². The highest BCUT2D eigenvalue weighted by atomic mass is 127. The molecule has 0 aliphatic heterocycles. The maximum Gasteiger partial charge on any atom is 0.181 e. The Hall–Kier alpha value is -0.880. The predicted octanol–water partition coefficient (Wildman–Crippen LogP) is 3.44. The molecule has 90 valence electrons. The minimum atomic E-state index is 0.441. The van der Waals surface area contributed by atoms with Gasteiger partial charge in [-0.1, -0.05) is 26.0 Å². The molecule has 0 aliphatic rings. The SMILES string of the molecule is CC(C)NCc1ncoc1-c1ccc(I)cc1. The van der Waals surface area contributed by atoms with E-state index >= 15 is 0 Å². The molecule has 1 N–H and O–H groups in total. The van der Waals surface area contributed by atoms with E-state index in [1.807, 2.05) is 0 Å². The molecule has 0 bridgehead atoms. The number of nitrogens with one attached hydrogen (secondary N) is 1. The van der Waals surface area contributed by atoms with Crippen LogP contribution in [0.4, 0.5) is 0 Å². The van der Waals surface area contributed by atoms with Crippen molar-refractivity contribution in [3.05, 3.63) is 39.9 Å². The van der Waals surface area contributed by atoms with Crippen LogP contribution in [0.3, 0.4) is 0 Å². The topological polar surface area (TPSA) is 38.1 Å². The molecule has 0 atom stereocenters. The number of halogens is 1. The Balaban J connectivity index is 2.21. The Morgan fingerprint density at radius 2 is 2.00 bits per heavy atom. The Morgan fingerprint density at radius 1 is 1.29 bits per heavy atom. The van der Waals surface area contributed by atoms with Crippen LogP contribution in [0.5, 0.6) is 0 Å². The van der Waals surface area contributed by atoms with E-state index in [1.165, 1.54) is 9.96 Å². The lowest BCUT2D eigenvalue weighted by Gasteiger charge is -2.07. The standard InChI is InChI=1S/C13H15IN2O/c1-9(2)15-7-12-13(17-8-16-12)10-3-5-11(14)6-4-10/h3-6,8-9,15H,7H2,1-2H3. The van der Waals surface area contributed by atoms with E-state index in [0.717, 1.165) is 23.6 Å². The van der Waals surface area contributed by atoms with Gasteiger partial charge in [-0.3, -0.25) is 0 Å². The number of aromatic nitrogens is 1. The van der Waals surface area contributed by atoms with Gasteiger partial charge in [-0.25, -0.2) is 4.98 Å². The van der Waals surface area contributed by atoms with Crippen LogP contribution in [0.2, 0.25) is 0 Å². The first-order valence-electron chi connectivity index (χ1n) is 5.58. The van der Waals surface area contributed by atoms with Crippen molar-refractivity contribution in [2.45, 2.75) is 26.4 Å². The summed E-state index contributed by atoms with van der Waals surface area (Å²) in [4.78, 5) is 4.26. The first kappa shape index (κ1) is 12.6. The quantitative estimate of drug-likeness (QED) is 0.865. The molecular weight excluding hydrogens is 327 g/mol. The van der Waals surface area contributed by atoms with Crippen molar-refractivity contribution in [1.82, 2.24) is 10.3 Å². The normalized spacial score (nSPS) is 11.1. The van der Waals surface area contributed by atoms with Crippen LogP contribution in [0.25, 0.3) is 11.3 Å². The molecule has 17 heavy (non-hydrogen) atoms.